The molecule has 1 saturated heterocycles. The fourth-order valence-corrected chi connectivity index (χ4v) is 2.38. The average molecular weight is 303 g/mol. The van der Waals surface area contributed by atoms with Gasteiger partial charge in [0.05, 0.1) is 20.3 Å². The molecule has 3 nitrogen and oxygen atoms in total. The van der Waals surface area contributed by atoms with E-state index in [0.29, 0.717) is 10.0 Å². The summed E-state index contributed by atoms with van der Waals surface area (Å²) in [5, 5.41) is 0. The van der Waals surface area contributed by atoms with Gasteiger partial charge in [0.25, 0.3) is 0 Å². The third-order valence-corrected chi connectivity index (χ3v) is 3.69. The third-order valence-electron chi connectivity index (χ3n) is 2.95. The third kappa shape index (κ3) is 2.21. The fourth-order valence-electron chi connectivity index (χ4n) is 1.90. The Morgan fingerprint density at radius 2 is 2.29 bits per heavy atom. The van der Waals surface area contributed by atoms with E-state index in [9.17, 15) is 9.18 Å². The maximum atomic E-state index is 13.7. The Balaban J connectivity index is 2.28. The van der Waals surface area contributed by atoms with E-state index in [4.69, 9.17) is 9.47 Å². The molecule has 1 aliphatic rings. The van der Waals surface area contributed by atoms with Crippen molar-refractivity contribution in [2.75, 3.05) is 20.3 Å². The summed E-state index contributed by atoms with van der Waals surface area (Å²) in [6.45, 7) is 0.556. The van der Waals surface area contributed by atoms with Crippen LogP contribution < -0.4 is 0 Å². The van der Waals surface area contributed by atoms with Gasteiger partial charge in [0.1, 0.15) is 11.2 Å². The van der Waals surface area contributed by atoms with E-state index in [0.717, 1.165) is 0 Å². The van der Waals surface area contributed by atoms with Crippen LogP contribution in [0.15, 0.2) is 22.7 Å². The monoisotopic (exact) mass is 302 g/mol. The molecule has 17 heavy (non-hydrogen) atoms. The van der Waals surface area contributed by atoms with Crippen LogP contribution in [-0.2, 0) is 20.7 Å². The van der Waals surface area contributed by atoms with E-state index in [2.05, 4.69) is 15.9 Å². The number of methoxy groups -OCH3 is 1. The van der Waals surface area contributed by atoms with E-state index in [1.165, 1.54) is 13.2 Å². The number of ether oxygens (including phenoxy) is 2. The van der Waals surface area contributed by atoms with Crippen LogP contribution in [0.25, 0.3) is 0 Å². The first-order valence-corrected chi connectivity index (χ1v) is 5.97. The van der Waals surface area contributed by atoms with E-state index in [1.807, 2.05) is 0 Å². The standard InChI is InChI=1S/C12H12BrFO3/c1-16-11(15)12(6-17-7-12)5-8-9(13)3-2-4-10(8)14/h2-4H,5-7H2,1H3. The number of hydrogen-bond acceptors (Lipinski definition) is 3. The van der Waals surface area contributed by atoms with E-state index in [1.54, 1.807) is 12.1 Å². The van der Waals surface area contributed by atoms with Crippen molar-refractivity contribution in [2.24, 2.45) is 5.41 Å². The van der Waals surface area contributed by atoms with Gasteiger partial charge < -0.3 is 9.47 Å². The second-order valence-electron chi connectivity index (χ2n) is 4.14. The molecule has 0 saturated carbocycles. The van der Waals surface area contributed by atoms with Crippen LogP contribution in [0.3, 0.4) is 0 Å². The molecule has 0 amide bonds. The van der Waals surface area contributed by atoms with Crippen LogP contribution in [0.2, 0.25) is 0 Å². The zero-order chi connectivity index (χ0) is 12.5. The summed E-state index contributed by atoms with van der Waals surface area (Å²) in [7, 11) is 1.33. The molecule has 2 rings (SSSR count). The van der Waals surface area contributed by atoms with Crippen molar-refractivity contribution in [3.8, 4) is 0 Å². The summed E-state index contributed by atoms with van der Waals surface area (Å²) in [6, 6.07) is 4.75. The van der Waals surface area contributed by atoms with Gasteiger partial charge in [-0.05, 0) is 18.6 Å². The van der Waals surface area contributed by atoms with Gasteiger partial charge in [-0.1, -0.05) is 22.0 Å². The largest absolute Gasteiger partial charge is 0.468 e. The summed E-state index contributed by atoms with van der Waals surface area (Å²) >= 11 is 3.29. The zero-order valence-corrected chi connectivity index (χ0v) is 10.9. The first kappa shape index (κ1) is 12.5. The molecule has 0 aliphatic carbocycles. The first-order valence-electron chi connectivity index (χ1n) is 5.18. The van der Waals surface area contributed by atoms with Crippen molar-refractivity contribution < 1.29 is 18.7 Å². The quantitative estimate of drug-likeness (QED) is 0.804. The second-order valence-corrected chi connectivity index (χ2v) is 5.00. The van der Waals surface area contributed by atoms with Gasteiger partial charge in [-0.2, -0.15) is 0 Å². The fraction of sp³-hybridized carbons (Fsp3) is 0.417. The average Bonchev–Trinajstić information content (AvgIpc) is 2.26. The molecule has 0 N–H and O–H groups in total. The summed E-state index contributed by atoms with van der Waals surface area (Å²) in [6.07, 6.45) is 0.285. The zero-order valence-electron chi connectivity index (χ0n) is 9.33. The Hall–Kier alpha value is -0.940. The molecule has 1 aromatic rings. The van der Waals surface area contributed by atoms with Crippen molar-refractivity contribution in [2.45, 2.75) is 6.42 Å². The normalized spacial score (nSPS) is 17.4. The van der Waals surface area contributed by atoms with Gasteiger partial charge in [0.2, 0.25) is 0 Å². The number of halogens is 2. The maximum Gasteiger partial charge on any atom is 0.316 e. The maximum absolute atomic E-state index is 13.7. The lowest BCUT2D eigenvalue weighted by atomic mass is 9.79. The minimum absolute atomic E-state index is 0.278. The summed E-state index contributed by atoms with van der Waals surface area (Å²) in [5.74, 6) is -0.673. The van der Waals surface area contributed by atoms with Crippen LogP contribution in [0, 0.1) is 11.2 Å². The van der Waals surface area contributed by atoms with Crippen molar-refractivity contribution in [3.63, 3.8) is 0 Å². The predicted molar refractivity (Wildman–Crippen MR) is 63.1 cm³/mol. The van der Waals surface area contributed by atoms with Crippen molar-refractivity contribution in [1.82, 2.24) is 0 Å². The second kappa shape index (κ2) is 4.74. The van der Waals surface area contributed by atoms with Crippen LogP contribution in [0.1, 0.15) is 5.56 Å². The van der Waals surface area contributed by atoms with Crippen LogP contribution in [0.4, 0.5) is 4.39 Å². The van der Waals surface area contributed by atoms with Gasteiger partial charge in [-0.15, -0.1) is 0 Å². The molecular formula is C12H12BrFO3. The Bertz CT molecular complexity index is 423. The van der Waals surface area contributed by atoms with Gasteiger partial charge in [-0.3, -0.25) is 4.79 Å². The van der Waals surface area contributed by atoms with E-state index in [-0.39, 0.29) is 31.4 Å². The van der Waals surface area contributed by atoms with E-state index >= 15 is 0 Å². The van der Waals surface area contributed by atoms with E-state index < -0.39 is 5.41 Å². The predicted octanol–water partition coefficient (Wildman–Crippen LogP) is 2.32. The molecule has 0 spiro atoms. The van der Waals surface area contributed by atoms with Gasteiger partial charge >= 0.3 is 5.97 Å². The summed E-state index contributed by atoms with van der Waals surface area (Å²) in [5.41, 5.74) is -0.249. The molecule has 1 heterocycles. The van der Waals surface area contributed by atoms with Gasteiger partial charge in [-0.25, -0.2) is 4.39 Å². The molecule has 0 bridgehead atoms. The number of esters is 1. The Labute approximate surface area is 107 Å². The van der Waals surface area contributed by atoms with Crippen molar-refractivity contribution in [1.29, 1.82) is 0 Å². The SMILES string of the molecule is COC(=O)C1(Cc2c(F)cccc2Br)COC1. The molecule has 1 fully saturated rings. The number of rotatable bonds is 3. The van der Waals surface area contributed by atoms with Crippen LogP contribution >= 0.6 is 15.9 Å². The minimum Gasteiger partial charge on any atom is -0.468 e. The number of hydrogen-bond donors (Lipinski definition) is 0. The molecule has 0 atom stereocenters. The Morgan fingerprint density at radius 3 is 2.76 bits per heavy atom. The molecular weight excluding hydrogens is 291 g/mol. The highest BCUT2D eigenvalue weighted by molar-refractivity contribution is 9.10. The number of carbonyl (C=O) groups excluding carboxylic acids is 1. The highest BCUT2D eigenvalue weighted by Crippen LogP contribution is 2.36. The molecule has 0 aromatic heterocycles. The van der Waals surface area contributed by atoms with Gasteiger partial charge in [0.15, 0.2) is 0 Å². The lowest BCUT2D eigenvalue weighted by Gasteiger charge is -2.38. The smallest absolute Gasteiger partial charge is 0.316 e. The summed E-state index contributed by atoms with van der Waals surface area (Å²) in [4.78, 5) is 11.7. The highest BCUT2D eigenvalue weighted by Gasteiger charge is 2.47. The van der Waals surface area contributed by atoms with Crippen molar-refractivity contribution >= 4 is 21.9 Å². The molecule has 0 radical (unpaired) electrons. The van der Waals surface area contributed by atoms with Gasteiger partial charge in [0, 0.05) is 10.0 Å². The van der Waals surface area contributed by atoms with Crippen LogP contribution in [0.5, 0.6) is 0 Å². The molecule has 1 aromatic carbocycles. The van der Waals surface area contributed by atoms with Crippen LogP contribution in [-0.4, -0.2) is 26.3 Å². The number of carbonyl (C=O) groups is 1. The molecule has 0 unspecified atom stereocenters. The number of benzene rings is 1. The highest BCUT2D eigenvalue weighted by atomic mass is 79.9. The Kier molecular flexibility index (Phi) is 3.49. The summed E-state index contributed by atoms with van der Waals surface area (Å²) < 4.78 is 24.2. The Morgan fingerprint density at radius 1 is 1.59 bits per heavy atom. The molecule has 92 valence electrons. The van der Waals surface area contributed by atoms with Crippen molar-refractivity contribution in [3.05, 3.63) is 34.1 Å². The molecule has 1 aliphatic heterocycles. The lowest BCUT2D eigenvalue weighted by Crippen LogP contribution is -2.51. The molecule has 5 heteroatoms. The first-order chi connectivity index (χ1) is 8.09. The lowest BCUT2D eigenvalue weighted by molar-refractivity contribution is -0.183. The topological polar surface area (TPSA) is 35.5 Å². The minimum atomic E-state index is -0.737.